The highest BCUT2D eigenvalue weighted by Crippen LogP contribution is 2.15. The first-order valence-electron chi connectivity index (χ1n) is 6.90. The van der Waals surface area contributed by atoms with E-state index in [1.54, 1.807) is 30.3 Å². The van der Waals surface area contributed by atoms with Crippen molar-refractivity contribution in [3.05, 3.63) is 70.3 Å². The number of benzene rings is 2. The zero-order chi connectivity index (χ0) is 15.9. The highest BCUT2D eigenvalue weighted by Gasteiger charge is 2.09. The molecule has 0 aliphatic carbocycles. The van der Waals surface area contributed by atoms with Gasteiger partial charge in [0.1, 0.15) is 11.6 Å². The van der Waals surface area contributed by atoms with Gasteiger partial charge in [0.2, 0.25) is 0 Å². The Hall–Kier alpha value is -2.57. The summed E-state index contributed by atoms with van der Waals surface area (Å²) in [5.41, 5.74) is 2.68. The first kappa shape index (κ1) is 15.8. The topological polar surface area (TPSA) is 52.9 Å². The molecular weight excluding hydrogens is 296 g/mol. The molecule has 4 heteroatoms. The molecule has 0 bridgehead atoms. The standard InChI is InChI=1S/C18H15ClN2O/c1-2-13-3-5-14(6-4-13)11-15(12-20)18(22)21-17-9-7-16(19)8-10-17/h3-11H,2H2,1H3,(H,21,22)/b15-11-. The van der Waals surface area contributed by atoms with Gasteiger partial charge in [0.05, 0.1) is 0 Å². The second-order valence-corrected chi connectivity index (χ2v) is 5.16. The third-order valence-electron chi connectivity index (χ3n) is 3.17. The first-order valence-corrected chi connectivity index (χ1v) is 7.28. The molecule has 3 nitrogen and oxygen atoms in total. The lowest BCUT2D eigenvalue weighted by Gasteiger charge is -2.04. The largest absolute Gasteiger partial charge is 0.321 e. The summed E-state index contributed by atoms with van der Waals surface area (Å²) >= 11 is 5.79. The van der Waals surface area contributed by atoms with Crippen LogP contribution in [0.1, 0.15) is 18.1 Å². The van der Waals surface area contributed by atoms with Crippen LogP contribution in [0.5, 0.6) is 0 Å². The van der Waals surface area contributed by atoms with E-state index in [9.17, 15) is 10.1 Å². The fourth-order valence-electron chi connectivity index (χ4n) is 1.90. The van der Waals surface area contributed by atoms with Crippen molar-refractivity contribution in [2.45, 2.75) is 13.3 Å². The quantitative estimate of drug-likeness (QED) is 0.670. The van der Waals surface area contributed by atoms with Crippen LogP contribution in [-0.2, 0) is 11.2 Å². The average molecular weight is 311 g/mol. The number of rotatable bonds is 4. The molecule has 1 N–H and O–H groups in total. The third kappa shape index (κ3) is 4.21. The van der Waals surface area contributed by atoms with Crippen LogP contribution in [0.25, 0.3) is 6.08 Å². The van der Waals surface area contributed by atoms with Gasteiger partial charge in [-0.25, -0.2) is 0 Å². The van der Waals surface area contributed by atoms with E-state index in [4.69, 9.17) is 11.6 Å². The molecule has 0 saturated carbocycles. The lowest BCUT2D eigenvalue weighted by atomic mass is 10.1. The van der Waals surface area contributed by atoms with E-state index in [0.29, 0.717) is 10.7 Å². The SMILES string of the molecule is CCc1ccc(/C=C(/C#N)C(=O)Nc2ccc(Cl)cc2)cc1. The van der Waals surface area contributed by atoms with E-state index in [0.717, 1.165) is 12.0 Å². The van der Waals surface area contributed by atoms with Crippen molar-refractivity contribution < 1.29 is 4.79 Å². The minimum absolute atomic E-state index is 0.0548. The summed E-state index contributed by atoms with van der Waals surface area (Å²) in [6, 6.07) is 16.4. The van der Waals surface area contributed by atoms with E-state index in [1.165, 1.54) is 5.56 Å². The van der Waals surface area contributed by atoms with Crippen LogP contribution in [0, 0.1) is 11.3 Å². The molecule has 0 saturated heterocycles. The van der Waals surface area contributed by atoms with Crippen LogP contribution >= 0.6 is 11.6 Å². The summed E-state index contributed by atoms with van der Waals surface area (Å²) < 4.78 is 0. The maximum absolute atomic E-state index is 12.1. The highest BCUT2D eigenvalue weighted by atomic mass is 35.5. The van der Waals surface area contributed by atoms with Gasteiger partial charge >= 0.3 is 0 Å². The summed E-state index contributed by atoms with van der Waals surface area (Å²) in [6.07, 6.45) is 2.52. The molecule has 0 spiro atoms. The summed E-state index contributed by atoms with van der Waals surface area (Å²) in [4.78, 5) is 12.1. The van der Waals surface area contributed by atoms with Crippen LogP contribution in [0.15, 0.2) is 54.1 Å². The number of nitrogens with zero attached hydrogens (tertiary/aromatic N) is 1. The molecule has 2 rings (SSSR count). The van der Waals surface area contributed by atoms with Gasteiger partial charge in [0, 0.05) is 10.7 Å². The Morgan fingerprint density at radius 2 is 1.82 bits per heavy atom. The zero-order valence-electron chi connectivity index (χ0n) is 12.1. The summed E-state index contributed by atoms with van der Waals surface area (Å²) in [5.74, 6) is -0.440. The third-order valence-corrected chi connectivity index (χ3v) is 3.42. The van der Waals surface area contributed by atoms with E-state index in [-0.39, 0.29) is 5.57 Å². The molecule has 110 valence electrons. The van der Waals surface area contributed by atoms with E-state index >= 15 is 0 Å². The van der Waals surface area contributed by atoms with Crippen molar-refractivity contribution in [3.63, 3.8) is 0 Å². The maximum atomic E-state index is 12.1. The second-order valence-electron chi connectivity index (χ2n) is 4.73. The van der Waals surface area contributed by atoms with Gasteiger partial charge in [0.25, 0.3) is 5.91 Å². The van der Waals surface area contributed by atoms with Gasteiger partial charge in [0.15, 0.2) is 0 Å². The number of carbonyl (C=O) groups is 1. The summed E-state index contributed by atoms with van der Waals surface area (Å²) in [6.45, 7) is 2.07. The first-order chi connectivity index (χ1) is 10.6. The molecule has 0 radical (unpaired) electrons. The van der Waals surface area contributed by atoms with Gasteiger partial charge in [-0.15, -0.1) is 0 Å². The highest BCUT2D eigenvalue weighted by molar-refractivity contribution is 6.30. The number of anilines is 1. The Balaban J connectivity index is 2.15. The smallest absolute Gasteiger partial charge is 0.266 e. The van der Waals surface area contributed by atoms with Crippen molar-refractivity contribution in [2.24, 2.45) is 0 Å². The fourth-order valence-corrected chi connectivity index (χ4v) is 2.02. The molecule has 0 aromatic heterocycles. The van der Waals surface area contributed by atoms with Crippen molar-refractivity contribution in [3.8, 4) is 6.07 Å². The van der Waals surface area contributed by atoms with Gasteiger partial charge in [-0.2, -0.15) is 5.26 Å². The van der Waals surface area contributed by atoms with Gasteiger partial charge in [-0.05, 0) is 47.9 Å². The zero-order valence-corrected chi connectivity index (χ0v) is 12.9. The van der Waals surface area contributed by atoms with Crippen molar-refractivity contribution >= 4 is 29.3 Å². The fraction of sp³-hybridized carbons (Fsp3) is 0.111. The van der Waals surface area contributed by atoms with Crippen molar-refractivity contribution in [1.82, 2.24) is 0 Å². The molecule has 1 amide bonds. The molecule has 0 heterocycles. The number of hydrogen-bond donors (Lipinski definition) is 1. The molecule has 0 unspecified atom stereocenters. The summed E-state index contributed by atoms with van der Waals surface area (Å²) in [5, 5.41) is 12.4. The van der Waals surface area contributed by atoms with Crippen LogP contribution in [0.4, 0.5) is 5.69 Å². The lowest BCUT2D eigenvalue weighted by Crippen LogP contribution is -2.13. The average Bonchev–Trinajstić information content (AvgIpc) is 2.55. The van der Waals surface area contributed by atoms with Crippen LogP contribution < -0.4 is 5.32 Å². The molecule has 2 aromatic carbocycles. The Kier molecular flexibility index (Phi) is 5.35. The van der Waals surface area contributed by atoms with Gasteiger partial charge in [-0.3, -0.25) is 4.79 Å². The molecule has 0 fully saturated rings. The molecule has 2 aromatic rings. The van der Waals surface area contributed by atoms with E-state index in [1.807, 2.05) is 30.3 Å². The lowest BCUT2D eigenvalue weighted by molar-refractivity contribution is -0.112. The van der Waals surface area contributed by atoms with Gasteiger partial charge in [-0.1, -0.05) is 42.8 Å². The maximum Gasteiger partial charge on any atom is 0.266 e. The Bertz CT molecular complexity index is 725. The number of hydrogen-bond acceptors (Lipinski definition) is 2. The Labute approximate surface area is 134 Å². The monoisotopic (exact) mass is 310 g/mol. The minimum atomic E-state index is -0.440. The Morgan fingerprint density at radius 3 is 2.36 bits per heavy atom. The number of nitrogens with one attached hydrogen (secondary N) is 1. The summed E-state index contributed by atoms with van der Waals surface area (Å²) in [7, 11) is 0. The molecule has 0 atom stereocenters. The van der Waals surface area contributed by atoms with Crippen molar-refractivity contribution in [1.29, 1.82) is 5.26 Å². The Morgan fingerprint density at radius 1 is 1.18 bits per heavy atom. The second kappa shape index (κ2) is 7.44. The van der Waals surface area contributed by atoms with E-state index < -0.39 is 5.91 Å². The predicted molar refractivity (Wildman–Crippen MR) is 89.5 cm³/mol. The van der Waals surface area contributed by atoms with Crippen molar-refractivity contribution in [2.75, 3.05) is 5.32 Å². The number of halogens is 1. The molecule has 22 heavy (non-hydrogen) atoms. The molecular formula is C18H15ClN2O. The number of carbonyl (C=O) groups excluding carboxylic acids is 1. The minimum Gasteiger partial charge on any atom is -0.321 e. The molecule has 0 aliphatic rings. The van der Waals surface area contributed by atoms with Gasteiger partial charge < -0.3 is 5.32 Å². The van der Waals surface area contributed by atoms with Crippen LogP contribution in [-0.4, -0.2) is 5.91 Å². The van der Waals surface area contributed by atoms with Crippen LogP contribution in [0.2, 0.25) is 5.02 Å². The van der Waals surface area contributed by atoms with Crippen LogP contribution in [0.3, 0.4) is 0 Å². The van der Waals surface area contributed by atoms with E-state index in [2.05, 4.69) is 12.2 Å². The predicted octanol–water partition coefficient (Wildman–Crippen LogP) is 4.45. The number of nitriles is 1. The number of aryl methyl sites for hydroxylation is 1. The number of amides is 1. The molecule has 0 aliphatic heterocycles. The normalized spacial score (nSPS) is 10.9.